The number of hydrogen-bond donors (Lipinski definition) is 1. The third-order valence-electron chi connectivity index (χ3n) is 7.50. The fourth-order valence-electron chi connectivity index (χ4n) is 6.42. The summed E-state index contributed by atoms with van der Waals surface area (Å²) in [6.07, 6.45) is 8.25. The Bertz CT molecular complexity index is 601. The molecule has 0 saturated heterocycles. The molecule has 1 N–H and O–H groups in total. The minimum absolute atomic E-state index is 0.0711. The summed E-state index contributed by atoms with van der Waals surface area (Å²) in [5.74, 6) is 2.96. The van der Waals surface area contributed by atoms with Crippen LogP contribution in [0, 0.1) is 17.3 Å². The Kier molecular flexibility index (Phi) is 5.21. The summed E-state index contributed by atoms with van der Waals surface area (Å²) in [4.78, 5) is 0. The molecule has 0 radical (unpaired) electrons. The molecule has 0 spiro atoms. The Morgan fingerprint density at radius 3 is 2.60 bits per heavy atom. The van der Waals surface area contributed by atoms with Crippen LogP contribution in [-0.2, 0) is 6.42 Å². The molecule has 25 heavy (non-hydrogen) atoms. The van der Waals surface area contributed by atoms with Crippen LogP contribution in [0.5, 0.6) is 5.75 Å². The lowest BCUT2D eigenvalue weighted by molar-refractivity contribution is -0.140. The second kappa shape index (κ2) is 6.95. The number of benzene rings is 1. The summed E-state index contributed by atoms with van der Waals surface area (Å²) in [5, 5.41) is 11.2. The van der Waals surface area contributed by atoms with Crippen LogP contribution < -0.4 is 4.74 Å². The maximum absolute atomic E-state index is 11.2. The van der Waals surface area contributed by atoms with Gasteiger partial charge in [-0.15, -0.1) is 0 Å². The monoisotopic (exact) mass is 344 g/mol. The first-order chi connectivity index (χ1) is 11.9. The van der Waals surface area contributed by atoms with Gasteiger partial charge in [0.1, 0.15) is 5.75 Å². The molecule has 0 heterocycles. The Balaban J connectivity index is 1.98. The lowest BCUT2D eigenvalue weighted by Gasteiger charge is -2.58. The van der Waals surface area contributed by atoms with E-state index in [0.29, 0.717) is 17.8 Å². The Morgan fingerprint density at radius 2 is 2.00 bits per heavy atom. The molecule has 0 bridgehead atoms. The molecule has 0 aliphatic heterocycles. The van der Waals surface area contributed by atoms with Gasteiger partial charge in [-0.05, 0) is 87.0 Å². The molecule has 1 aromatic rings. The molecule has 1 aromatic carbocycles. The molecule has 2 nitrogen and oxygen atoms in total. The highest BCUT2D eigenvalue weighted by Gasteiger charge is 2.55. The molecule has 2 unspecified atom stereocenters. The first kappa shape index (κ1) is 18.8. The van der Waals surface area contributed by atoms with E-state index in [1.807, 2.05) is 0 Å². The number of ether oxygens (including phenoxy) is 1. The lowest BCUT2D eigenvalue weighted by Crippen LogP contribution is -2.55. The quantitative estimate of drug-likeness (QED) is 0.740. The van der Waals surface area contributed by atoms with E-state index in [0.717, 1.165) is 31.4 Å². The average Bonchev–Trinajstić information content (AvgIpc) is 2.59. The van der Waals surface area contributed by atoms with E-state index in [-0.39, 0.29) is 5.41 Å². The Labute approximate surface area is 154 Å². The fourth-order valence-corrected chi connectivity index (χ4v) is 6.42. The number of methoxy groups -OCH3 is 1. The topological polar surface area (TPSA) is 29.5 Å². The predicted octanol–water partition coefficient (Wildman–Crippen LogP) is 5.72. The van der Waals surface area contributed by atoms with Crippen LogP contribution in [0.1, 0.15) is 83.3 Å². The van der Waals surface area contributed by atoms with Crippen LogP contribution in [-0.4, -0.2) is 17.8 Å². The number of aryl methyl sites for hydroxylation is 1. The van der Waals surface area contributed by atoms with Crippen molar-refractivity contribution in [2.24, 2.45) is 17.3 Å². The van der Waals surface area contributed by atoms with E-state index in [4.69, 9.17) is 4.74 Å². The first-order valence-corrected chi connectivity index (χ1v) is 10.3. The average molecular weight is 345 g/mol. The highest BCUT2D eigenvalue weighted by molar-refractivity contribution is 5.40. The third kappa shape index (κ3) is 3.01. The van der Waals surface area contributed by atoms with Crippen LogP contribution in [0.4, 0.5) is 0 Å². The van der Waals surface area contributed by atoms with Crippen LogP contribution in [0.2, 0.25) is 0 Å². The van der Waals surface area contributed by atoms with Gasteiger partial charge in [-0.25, -0.2) is 0 Å². The molecular weight excluding hydrogens is 308 g/mol. The van der Waals surface area contributed by atoms with Gasteiger partial charge in [0, 0.05) is 5.41 Å². The van der Waals surface area contributed by atoms with Crippen molar-refractivity contribution in [1.29, 1.82) is 0 Å². The van der Waals surface area contributed by atoms with Gasteiger partial charge in [0.15, 0.2) is 0 Å². The van der Waals surface area contributed by atoms with Crippen molar-refractivity contribution in [3.8, 4) is 5.75 Å². The molecule has 1 saturated carbocycles. The normalized spacial score (nSPS) is 32.0. The van der Waals surface area contributed by atoms with Crippen molar-refractivity contribution < 1.29 is 9.84 Å². The second-order valence-corrected chi connectivity index (χ2v) is 8.89. The van der Waals surface area contributed by atoms with E-state index in [2.05, 4.69) is 45.9 Å². The van der Waals surface area contributed by atoms with Crippen LogP contribution in [0.15, 0.2) is 18.2 Å². The number of hydrogen-bond acceptors (Lipinski definition) is 2. The standard InChI is InChI=1S/C23H36O2/c1-6-13-23(22(3,4)24)14-12-19-18-11-9-17(25-5)15-16(18)8-10-20(19)21(23)7-2/h9,11,15,19-21,24H,6-8,10,12-14H2,1-5H3/t19-,20-,21?,23?/m1/s1. The van der Waals surface area contributed by atoms with Crippen molar-refractivity contribution in [1.82, 2.24) is 0 Å². The number of fused-ring (bicyclic) bond motifs is 3. The molecule has 4 atom stereocenters. The second-order valence-electron chi connectivity index (χ2n) is 8.89. The van der Waals surface area contributed by atoms with Gasteiger partial charge in [-0.1, -0.05) is 32.8 Å². The van der Waals surface area contributed by atoms with Gasteiger partial charge in [0.25, 0.3) is 0 Å². The minimum Gasteiger partial charge on any atom is -0.497 e. The summed E-state index contributed by atoms with van der Waals surface area (Å²) >= 11 is 0. The Hall–Kier alpha value is -1.02. The zero-order valence-corrected chi connectivity index (χ0v) is 16.8. The minimum atomic E-state index is -0.602. The van der Waals surface area contributed by atoms with E-state index >= 15 is 0 Å². The third-order valence-corrected chi connectivity index (χ3v) is 7.50. The van der Waals surface area contributed by atoms with Crippen molar-refractivity contribution in [3.05, 3.63) is 29.3 Å². The van der Waals surface area contributed by atoms with Gasteiger partial charge in [-0.2, -0.15) is 0 Å². The smallest absolute Gasteiger partial charge is 0.119 e. The van der Waals surface area contributed by atoms with Crippen LogP contribution in [0.3, 0.4) is 0 Å². The van der Waals surface area contributed by atoms with Gasteiger partial charge >= 0.3 is 0 Å². The number of rotatable bonds is 5. The molecular formula is C23H36O2. The van der Waals surface area contributed by atoms with Crippen molar-refractivity contribution in [2.75, 3.05) is 7.11 Å². The van der Waals surface area contributed by atoms with Crippen molar-refractivity contribution in [3.63, 3.8) is 0 Å². The zero-order chi connectivity index (χ0) is 18.2. The summed E-state index contributed by atoms with van der Waals surface area (Å²) in [6.45, 7) is 8.74. The summed E-state index contributed by atoms with van der Waals surface area (Å²) in [5.41, 5.74) is 2.51. The first-order valence-electron chi connectivity index (χ1n) is 10.3. The van der Waals surface area contributed by atoms with Crippen LogP contribution in [0.25, 0.3) is 0 Å². The number of aliphatic hydroxyl groups is 1. The summed E-state index contributed by atoms with van der Waals surface area (Å²) < 4.78 is 5.44. The highest BCUT2D eigenvalue weighted by atomic mass is 16.5. The zero-order valence-electron chi connectivity index (χ0n) is 16.8. The van der Waals surface area contributed by atoms with Gasteiger partial charge in [-0.3, -0.25) is 0 Å². The van der Waals surface area contributed by atoms with Crippen LogP contribution >= 0.6 is 0 Å². The van der Waals surface area contributed by atoms with E-state index in [1.54, 1.807) is 12.7 Å². The lowest BCUT2D eigenvalue weighted by atomic mass is 9.48. The highest BCUT2D eigenvalue weighted by Crippen LogP contribution is 2.61. The Morgan fingerprint density at radius 1 is 1.24 bits per heavy atom. The maximum atomic E-state index is 11.2. The SMILES string of the molecule is CCCC1(C(C)(C)O)CC[C@@H]2c3ccc(OC)cc3CC[C@H]2C1CC. The molecule has 2 heteroatoms. The largest absolute Gasteiger partial charge is 0.497 e. The summed E-state index contributed by atoms with van der Waals surface area (Å²) in [7, 11) is 1.75. The molecule has 3 rings (SSSR count). The molecule has 1 fully saturated rings. The summed E-state index contributed by atoms with van der Waals surface area (Å²) in [6, 6.07) is 6.69. The molecule has 2 aliphatic rings. The molecule has 140 valence electrons. The molecule has 2 aliphatic carbocycles. The van der Waals surface area contributed by atoms with Gasteiger partial charge in [0.2, 0.25) is 0 Å². The van der Waals surface area contributed by atoms with Crippen molar-refractivity contribution >= 4 is 0 Å². The fraction of sp³-hybridized carbons (Fsp3) is 0.739. The van der Waals surface area contributed by atoms with E-state index in [9.17, 15) is 5.11 Å². The van der Waals surface area contributed by atoms with Gasteiger partial charge in [0.05, 0.1) is 12.7 Å². The van der Waals surface area contributed by atoms with Gasteiger partial charge < -0.3 is 9.84 Å². The van der Waals surface area contributed by atoms with E-state index in [1.165, 1.54) is 24.8 Å². The molecule has 0 aromatic heterocycles. The predicted molar refractivity (Wildman–Crippen MR) is 104 cm³/mol. The van der Waals surface area contributed by atoms with Crippen molar-refractivity contribution in [2.45, 2.75) is 84.2 Å². The van der Waals surface area contributed by atoms with E-state index < -0.39 is 5.60 Å². The molecule has 0 amide bonds. The maximum Gasteiger partial charge on any atom is 0.119 e.